The number of thiophene rings is 1. The highest BCUT2D eigenvalue weighted by molar-refractivity contribution is 7.11. The van der Waals surface area contributed by atoms with Gasteiger partial charge in [-0.2, -0.15) is 0 Å². The van der Waals surface area contributed by atoms with Crippen molar-refractivity contribution in [1.29, 1.82) is 0 Å². The fourth-order valence-electron chi connectivity index (χ4n) is 2.02. The Morgan fingerprint density at radius 1 is 1.05 bits per heavy atom. The van der Waals surface area contributed by atoms with Crippen molar-refractivity contribution in [3.8, 4) is 0 Å². The summed E-state index contributed by atoms with van der Waals surface area (Å²) in [7, 11) is 0. The van der Waals surface area contributed by atoms with E-state index in [4.69, 9.17) is 4.74 Å². The zero-order valence-electron chi connectivity index (χ0n) is 12.5. The number of aryl methyl sites for hydroxylation is 1. The Balaban J connectivity index is 1.79. The second-order valence-corrected chi connectivity index (χ2v) is 6.44. The van der Waals surface area contributed by atoms with Crippen LogP contribution >= 0.6 is 11.3 Å². The lowest BCUT2D eigenvalue weighted by Gasteiger charge is -2.05. The molecule has 0 amide bonds. The standard InChI is InChI=1S/C16H29NOS/c1-3-4-5-6-7-8-12-18-13-11-17-14-16-10-9-15(2)19-16/h9-10,17H,3-8,11-14H2,1-2H3. The Labute approximate surface area is 122 Å². The summed E-state index contributed by atoms with van der Waals surface area (Å²) in [6, 6.07) is 4.38. The van der Waals surface area contributed by atoms with Gasteiger partial charge in [0.2, 0.25) is 0 Å². The summed E-state index contributed by atoms with van der Waals surface area (Å²) in [6.07, 6.45) is 8.00. The second-order valence-electron chi connectivity index (χ2n) is 5.07. The molecule has 2 nitrogen and oxygen atoms in total. The van der Waals surface area contributed by atoms with E-state index in [1.807, 2.05) is 11.3 Å². The maximum absolute atomic E-state index is 5.62. The van der Waals surface area contributed by atoms with Gasteiger partial charge in [-0.1, -0.05) is 39.0 Å². The Kier molecular flexibility index (Phi) is 10.0. The van der Waals surface area contributed by atoms with Crippen molar-refractivity contribution in [2.75, 3.05) is 19.8 Å². The van der Waals surface area contributed by atoms with Crippen molar-refractivity contribution in [2.24, 2.45) is 0 Å². The molecule has 0 atom stereocenters. The number of unbranched alkanes of at least 4 members (excludes halogenated alkanes) is 5. The van der Waals surface area contributed by atoms with Crippen LogP contribution in [0.3, 0.4) is 0 Å². The van der Waals surface area contributed by atoms with Gasteiger partial charge in [-0.3, -0.25) is 0 Å². The summed E-state index contributed by atoms with van der Waals surface area (Å²) < 4.78 is 5.62. The van der Waals surface area contributed by atoms with Crippen LogP contribution < -0.4 is 5.32 Å². The van der Waals surface area contributed by atoms with Crippen LogP contribution in [0.25, 0.3) is 0 Å². The van der Waals surface area contributed by atoms with Crippen LogP contribution in [0.4, 0.5) is 0 Å². The molecule has 1 N–H and O–H groups in total. The molecule has 19 heavy (non-hydrogen) atoms. The molecule has 0 fully saturated rings. The van der Waals surface area contributed by atoms with Gasteiger partial charge in [-0.15, -0.1) is 11.3 Å². The zero-order chi connectivity index (χ0) is 13.8. The van der Waals surface area contributed by atoms with Gasteiger partial charge in [-0.25, -0.2) is 0 Å². The highest BCUT2D eigenvalue weighted by atomic mass is 32.1. The van der Waals surface area contributed by atoms with Gasteiger partial charge >= 0.3 is 0 Å². The third-order valence-corrected chi connectivity index (χ3v) is 4.16. The van der Waals surface area contributed by atoms with Gasteiger partial charge in [0, 0.05) is 29.5 Å². The van der Waals surface area contributed by atoms with Crippen LogP contribution in [-0.2, 0) is 11.3 Å². The Hall–Kier alpha value is -0.380. The van der Waals surface area contributed by atoms with E-state index in [2.05, 4.69) is 31.3 Å². The van der Waals surface area contributed by atoms with E-state index in [0.29, 0.717) is 0 Å². The zero-order valence-corrected chi connectivity index (χ0v) is 13.4. The highest BCUT2D eigenvalue weighted by Gasteiger charge is 1.96. The minimum atomic E-state index is 0.833. The quantitative estimate of drug-likeness (QED) is 0.569. The average Bonchev–Trinajstić information content (AvgIpc) is 2.82. The third-order valence-electron chi connectivity index (χ3n) is 3.16. The molecule has 1 rings (SSSR count). The minimum absolute atomic E-state index is 0.833. The van der Waals surface area contributed by atoms with Crippen LogP contribution in [0, 0.1) is 6.92 Å². The van der Waals surface area contributed by atoms with Crippen molar-refractivity contribution in [3.63, 3.8) is 0 Å². The first-order valence-corrected chi connectivity index (χ1v) is 8.48. The number of rotatable bonds is 12. The molecule has 0 aliphatic carbocycles. The topological polar surface area (TPSA) is 21.3 Å². The Morgan fingerprint density at radius 3 is 2.58 bits per heavy atom. The maximum Gasteiger partial charge on any atom is 0.0591 e. The number of hydrogen-bond acceptors (Lipinski definition) is 3. The molecule has 0 unspecified atom stereocenters. The van der Waals surface area contributed by atoms with Crippen LogP contribution in [-0.4, -0.2) is 19.8 Å². The van der Waals surface area contributed by atoms with E-state index >= 15 is 0 Å². The molecule has 1 aromatic heterocycles. The van der Waals surface area contributed by atoms with Crippen molar-refractivity contribution < 1.29 is 4.74 Å². The molecule has 0 saturated heterocycles. The average molecular weight is 283 g/mol. The molecule has 0 spiro atoms. The molecule has 0 saturated carbocycles. The normalized spacial score (nSPS) is 11.1. The monoisotopic (exact) mass is 283 g/mol. The number of nitrogens with one attached hydrogen (secondary N) is 1. The first kappa shape index (κ1) is 16.7. The predicted molar refractivity (Wildman–Crippen MR) is 85.0 cm³/mol. The molecule has 0 aliphatic heterocycles. The largest absolute Gasteiger partial charge is 0.380 e. The third kappa shape index (κ3) is 9.20. The summed E-state index contributed by atoms with van der Waals surface area (Å²) in [6.45, 7) is 8.09. The first-order valence-electron chi connectivity index (χ1n) is 7.66. The minimum Gasteiger partial charge on any atom is -0.380 e. The van der Waals surface area contributed by atoms with Crippen molar-refractivity contribution >= 4 is 11.3 Å². The lowest BCUT2D eigenvalue weighted by atomic mass is 10.1. The number of hydrogen-bond donors (Lipinski definition) is 1. The summed E-state index contributed by atoms with van der Waals surface area (Å²) in [5.41, 5.74) is 0. The van der Waals surface area contributed by atoms with E-state index in [0.717, 1.165) is 26.3 Å². The van der Waals surface area contributed by atoms with Crippen molar-refractivity contribution in [3.05, 3.63) is 21.9 Å². The highest BCUT2D eigenvalue weighted by Crippen LogP contribution is 2.14. The van der Waals surface area contributed by atoms with Gasteiger partial charge in [0.05, 0.1) is 6.61 Å². The molecule has 0 aromatic carbocycles. The summed E-state index contributed by atoms with van der Waals surface area (Å²) in [4.78, 5) is 2.80. The first-order chi connectivity index (χ1) is 9.33. The maximum atomic E-state index is 5.62. The smallest absolute Gasteiger partial charge is 0.0591 e. The van der Waals surface area contributed by atoms with Crippen LogP contribution in [0.1, 0.15) is 55.2 Å². The molecule has 1 aromatic rings. The molecular weight excluding hydrogens is 254 g/mol. The van der Waals surface area contributed by atoms with Crippen molar-refractivity contribution in [2.45, 2.75) is 58.9 Å². The van der Waals surface area contributed by atoms with Crippen molar-refractivity contribution in [1.82, 2.24) is 5.32 Å². The summed E-state index contributed by atoms with van der Waals surface area (Å²) in [5, 5.41) is 3.42. The van der Waals surface area contributed by atoms with Crippen LogP contribution in [0.5, 0.6) is 0 Å². The van der Waals surface area contributed by atoms with E-state index in [1.54, 1.807) is 0 Å². The van der Waals surface area contributed by atoms with E-state index in [9.17, 15) is 0 Å². The van der Waals surface area contributed by atoms with E-state index < -0.39 is 0 Å². The van der Waals surface area contributed by atoms with E-state index in [-0.39, 0.29) is 0 Å². The van der Waals surface area contributed by atoms with Crippen LogP contribution in [0.2, 0.25) is 0 Å². The van der Waals surface area contributed by atoms with Gasteiger partial charge in [0.1, 0.15) is 0 Å². The van der Waals surface area contributed by atoms with Gasteiger partial charge in [0.25, 0.3) is 0 Å². The van der Waals surface area contributed by atoms with Gasteiger partial charge in [0.15, 0.2) is 0 Å². The van der Waals surface area contributed by atoms with E-state index in [1.165, 1.54) is 48.3 Å². The fraction of sp³-hybridized carbons (Fsp3) is 0.750. The Bertz CT molecular complexity index is 311. The SMILES string of the molecule is CCCCCCCCOCCNCc1ccc(C)s1. The van der Waals surface area contributed by atoms with Crippen LogP contribution in [0.15, 0.2) is 12.1 Å². The second kappa shape index (κ2) is 11.4. The van der Waals surface area contributed by atoms with Gasteiger partial charge in [-0.05, 0) is 25.5 Å². The summed E-state index contributed by atoms with van der Waals surface area (Å²) >= 11 is 1.87. The lowest BCUT2D eigenvalue weighted by molar-refractivity contribution is 0.131. The lowest BCUT2D eigenvalue weighted by Crippen LogP contribution is -2.18. The molecule has 1 heterocycles. The molecule has 3 heteroatoms. The molecule has 0 radical (unpaired) electrons. The van der Waals surface area contributed by atoms with Gasteiger partial charge < -0.3 is 10.1 Å². The summed E-state index contributed by atoms with van der Waals surface area (Å²) in [5.74, 6) is 0. The Morgan fingerprint density at radius 2 is 1.84 bits per heavy atom. The number of ether oxygens (including phenoxy) is 1. The molecule has 0 aliphatic rings. The molecular formula is C16H29NOS. The predicted octanol–water partition coefficient (Wildman–Crippen LogP) is 4.52. The fourth-order valence-corrected chi connectivity index (χ4v) is 2.88. The molecule has 0 bridgehead atoms. The molecule has 110 valence electrons.